The lowest BCUT2D eigenvalue weighted by Crippen LogP contribution is -2.20. The average molecular weight is 343 g/mol. The van der Waals surface area contributed by atoms with Gasteiger partial charge in [-0.2, -0.15) is 4.39 Å². The smallest absolute Gasteiger partial charge is 0.313 e. The van der Waals surface area contributed by atoms with Gasteiger partial charge in [0.25, 0.3) is 5.88 Å². The summed E-state index contributed by atoms with van der Waals surface area (Å²) >= 11 is 3.04. The van der Waals surface area contributed by atoms with Crippen molar-refractivity contribution < 1.29 is 13.5 Å². The van der Waals surface area contributed by atoms with Crippen LogP contribution < -0.4 is 10.3 Å². The summed E-state index contributed by atoms with van der Waals surface area (Å²) in [4.78, 5) is 15.9. The molecule has 1 aromatic heterocycles. The lowest BCUT2D eigenvalue weighted by Gasteiger charge is -2.08. The van der Waals surface area contributed by atoms with Gasteiger partial charge in [-0.1, -0.05) is 15.9 Å². The average Bonchev–Trinajstić information content (AvgIpc) is 3.22. The van der Waals surface area contributed by atoms with Crippen LogP contribution in [0.3, 0.4) is 0 Å². The van der Waals surface area contributed by atoms with Crippen LogP contribution in [-0.2, 0) is 0 Å². The van der Waals surface area contributed by atoms with Crippen molar-refractivity contribution in [1.82, 2.24) is 9.55 Å². The van der Waals surface area contributed by atoms with E-state index in [1.807, 2.05) is 0 Å². The highest BCUT2D eigenvalue weighted by atomic mass is 79.9. The van der Waals surface area contributed by atoms with Gasteiger partial charge >= 0.3 is 5.56 Å². The van der Waals surface area contributed by atoms with Crippen molar-refractivity contribution in [3.63, 3.8) is 0 Å². The highest BCUT2D eigenvalue weighted by Gasteiger charge is 2.26. The van der Waals surface area contributed by atoms with Crippen LogP contribution in [0.4, 0.5) is 8.78 Å². The summed E-state index contributed by atoms with van der Waals surface area (Å²) in [6, 6.07) is 2.37. The molecule has 0 atom stereocenters. The first-order valence-electron chi connectivity index (χ1n) is 5.96. The van der Waals surface area contributed by atoms with E-state index in [4.69, 9.17) is 4.74 Å². The molecule has 1 aliphatic carbocycles. The molecule has 7 heteroatoms. The Morgan fingerprint density at radius 2 is 2.10 bits per heavy atom. The number of aromatic nitrogens is 2. The maximum absolute atomic E-state index is 13.6. The van der Waals surface area contributed by atoms with Gasteiger partial charge in [0, 0.05) is 22.9 Å². The van der Waals surface area contributed by atoms with E-state index in [-0.39, 0.29) is 17.7 Å². The molecule has 1 heterocycles. The minimum absolute atomic E-state index is 0.150. The van der Waals surface area contributed by atoms with Crippen molar-refractivity contribution in [3.8, 4) is 11.6 Å². The molecule has 104 valence electrons. The summed E-state index contributed by atoms with van der Waals surface area (Å²) in [5.41, 5.74) is -0.449. The quantitative estimate of drug-likeness (QED) is 0.803. The number of rotatable bonds is 3. The molecule has 3 rings (SSSR count). The molecule has 20 heavy (non-hydrogen) atoms. The molecule has 1 aromatic carbocycles. The molecule has 2 aromatic rings. The van der Waals surface area contributed by atoms with Crippen molar-refractivity contribution in [1.29, 1.82) is 0 Å². The maximum Gasteiger partial charge on any atom is 0.313 e. The lowest BCUT2D eigenvalue weighted by atomic mass is 10.3. The summed E-state index contributed by atoms with van der Waals surface area (Å²) in [6.07, 6.45) is 4.80. The Morgan fingerprint density at radius 3 is 2.80 bits per heavy atom. The van der Waals surface area contributed by atoms with Gasteiger partial charge in [0.15, 0.2) is 11.6 Å². The largest absolute Gasteiger partial charge is 0.431 e. The summed E-state index contributed by atoms with van der Waals surface area (Å²) in [5.74, 6) is -2.87. The van der Waals surface area contributed by atoms with Crippen molar-refractivity contribution >= 4 is 15.9 Å². The Bertz CT molecular complexity index is 729. The Labute approximate surface area is 121 Å². The summed E-state index contributed by atoms with van der Waals surface area (Å²) < 4.78 is 33.8. The zero-order valence-electron chi connectivity index (χ0n) is 10.1. The van der Waals surface area contributed by atoms with Crippen LogP contribution in [0.25, 0.3) is 0 Å². The van der Waals surface area contributed by atoms with E-state index < -0.39 is 17.2 Å². The van der Waals surface area contributed by atoms with Crippen LogP contribution in [0.2, 0.25) is 0 Å². The zero-order chi connectivity index (χ0) is 14.3. The predicted octanol–water partition coefficient (Wildman–Crippen LogP) is 3.41. The monoisotopic (exact) mass is 342 g/mol. The van der Waals surface area contributed by atoms with Gasteiger partial charge in [-0.05, 0) is 25.0 Å². The molecule has 0 saturated heterocycles. The first-order chi connectivity index (χ1) is 9.56. The predicted molar refractivity (Wildman–Crippen MR) is 70.9 cm³/mol. The third-order valence-corrected chi connectivity index (χ3v) is 3.40. The number of nitrogens with zero attached hydrogens (tertiary/aromatic N) is 2. The van der Waals surface area contributed by atoms with Crippen molar-refractivity contribution in [2.24, 2.45) is 0 Å². The van der Waals surface area contributed by atoms with Crippen LogP contribution in [0.5, 0.6) is 11.6 Å². The van der Waals surface area contributed by atoms with E-state index in [9.17, 15) is 13.6 Å². The fourth-order valence-electron chi connectivity index (χ4n) is 1.83. The summed E-state index contributed by atoms with van der Waals surface area (Å²) in [7, 11) is 0. The molecule has 1 aliphatic rings. The van der Waals surface area contributed by atoms with Crippen LogP contribution in [0.15, 0.2) is 33.8 Å². The minimum Gasteiger partial charge on any atom is -0.431 e. The van der Waals surface area contributed by atoms with Gasteiger partial charge in [0.05, 0.1) is 0 Å². The number of hydrogen-bond acceptors (Lipinski definition) is 3. The van der Waals surface area contributed by atoms with Crippen LogP contribution in [-0.4, -0.2) is 9.55 Å². The second kappa shape index (κ2) is 4.97. The second-order valence-electron chi connectivity index (χ2n) is 4.48. The van der Waals surface area contributed by atoms with Crippen molar-refractivity contribution in [2.75, 3.05) is 0 Å². The van der Waals surface area contributed by atoms with Gasteiger partial charge < -0.3 is 9.30 Å². The molecule has 0 aliphatic heterocycles. The normalized spacial score (nSPS) is 14.3. The van der Waals surface area contributed by atoms with Crippen molar-refractivity contribution in [3.05, 3.63) is 51.0 Å². The number of benzene rings is 1. The van der Waals surface area contributed by atoms with E-state index in [1.165, 1.54) is 16.8 Å². The fourth-order valence-corrected chi connectivity index (χ4v) is 2.24. The third kappa shape index (κ3) is 2.45. The molecule has 4 nitrogen and oxygen atoms in total. The molecule has 0 spiro atoms. The van der Waals surface area contributed by atoms with Crippen LogP contribution in [0.1, 0.15) is 18.9 Å². The van der Waals surface area contributed by atoms with E-state index in [1.54, 1.807) is 6.20 Å². The van der Waals surface area contributed by atoms with E-state index >= 15 is 0 Å². The SMILES string of the molecule is O=c1c(Oc2cc(Br)cc(F)c2F)nccn1C1CC1. The number of ether oxygens (including phenoxy) is 1. The van der Waals surface area contributed by atoms with Gasteiger partial charge in [-0.3, -0.25) is 4.79 Å². The first kappa shape index (κ1) is 13.2. The molecule has 0 N–H and O–H groups in total. The van der Waals surface area contributed by atoms with Crippen LogP contribution in [0, 0.1) is 11.6 Å². The number of hydrogen-bond donors (Lipinski definition) is 0. The van der Waals surface area contributed by atoms with Gasteiger partial charge in [0.2, 0.25) is 5.82 Å². The number of halogens is 3. The molecule has 0 bridgehead atoms. The van der Waals surface area contributed by atoms with Crippen molar-refractivity contribution in [2.45, 2.75) is 18.9 Å². The third-order valence-electron chi connectivity index (χ3n) is 2.94. The topological polar surface area (TPSA) is 44.1 Å². The van der Waals surface area contributed by atoms with E-state index in [2.05, 4.69) is 20.9 Å². The molecule has 0 radical (unpaired) electrons. The molecule has 1 fully saturated rings. The molecule has 0 amide bonds. The summed E-state index contributed by atoms with van der Waals surface area (Å²) in [5, 5.41) is 0. The molecule has 0 unspecified atom stereocenters. The van der Waals surface area contributed by atoms with Gasteiger partial charge in [-0.15, -0.1) is 0 Å². The minimum atomic E-state index is -1.16. The Hall–Kier alpha value is -1.76. The highest BCUT2D eigenvalue weighted by Crippen LogP contribution is 2.34. The Balaban J connectivity index is 2.00. The molecular weight excluding hydrogens is 334 g/mol. The standard InChI is InChI=1S/C13H9BrF2N2O2/c14-7-5-9(15)11(16)10(6-7)20-12-13(19)18(4-3-17-12)8-1-2-8/h3-6,8H,1-2H2. The molecular formula is C13H9BrF2N2O2. The lowest BCUT2D eigenvalue weighted by molar-refractivity contribution is 0.395. The zero-order valence-corrected chi connectivity index (χ0v) is 11.7. The van der Waals surface area contributed by atoms with Gasteiger partial charge in [-0.25, -0.2) is 9.37 Å². The Morgan fingerprint density at radius 1 is 1.35 bits per heavy atom. The first-order valence-corrected chi connectivity index (χ1v) is 6.75. The summed E-state index contributed by atoms with van der Waals surface area (Å²) in [6.45, 7) is 0. The second-order valence-corrected chi connectivity index (χ2v) is 5.39. The Kier molecular flexibility index (Phi) is 3.29. The van der Waals surface area contributed by atoms with E-state index in [0.29, 0.717) is 4.47 Å². The maximum atomic E-state index is 13.6. The molecule has 1 saturated carbocycles. The highest BCUT2D eigenvalue weighted by molar-refractivity contribution is 9.10. The fraction of sp³-hybridized carbons (Fsp3) is 0.231. The van der Waals surface area contributed by atoms with E-state index in [0.717, 1.165) is 18.9 Å². The van der Waals surface area contributed by atoms with Crippen LogP contribution >= 0.6 is 15.9 Å². The van der Waals surface area contributed by atoms with Gasteiger partial charge in [0.1, 0.15) is 0 Å².